The molecule has 0 heterocycles. The third-order valence-corrected chi connectivity index (χ3v) is 5.41. The summed E-state index contributed by atoms with van der Waals surface area (Å²) in [5.74, 6) is 3.82. The molecule has 110 valence electrons. The lowest BCUT2D eigenvalue weighted by Gasteiger charge is -2.26. The van der Waals surface area contributed by atoms with Crippen LogP contribution in [0.15, 0.2) is 22.7 Å². The molecule has 2 aliphatic carbocycles. The maximum Gasteiger partial charge on any atom is 0.133 e. The molecule has 3 atom stereocenters. The van der Waals surface area contributed by atoms with Gasteiger partial charge < -0.3 is 10.1 Å². The Kier molecular flexibility index (Phi) is 4.37. The molecule has 0 spiro atoms. The molecule has 1 aromatic rings. The van der Waals surface area contributed by atoms with Crippen molar-refractivity contribution in [3.05, 3.63) is 28.2 Å². The van der Waals surface area contributed by atoms with Crippen molar-refractivity contribution in [1.29, 1.82) is 0 Å². The van der Waals surface area contributed by atoms with Gasteiger partial charge in [0.15, 0.2) is 0 Å². The molecular weight excluding hydrogens is 314 g/mol. The van der Waals surface area contributed by atoms with Gasteiger partial charge >= 0.3 is 0 Å². The number of halogens is 1. The van der Waals surface area contributed by atoms with E-state index in [4.69, 9.17) is 4.74 Å². The zero-order chi connectivity index (χ0) is 14.1. The predicted molar refractivity (Wildman–Crippen MR) is 86.0 cm³/mol. The monoisotopic (exact) mass is 337 g/mol. The van der Waals surface area contributed by atoms with Crippen LogP contribution in [0, 0.1) is 17.8 Å². The maximum absolute atomic E-state index is 5.61. The number of rotatable bonds is 6. The van der Waals surface area contributed by atoms with Crippen molar-refractivity contribution >= 4 is 15.9 Å². The third kappa shape index (κ3) is 2.89. The first-order chi connectivity index (χ1) is 9.72. The van der Waals surface area contributed by atoms with Crippen molar-refractivity contribution in [2.45, 2.75) is 39.2 Å². The summed E-state index contributed by atoms with van der Waals surface area (Å²) in [7, 11) is 0. The number of fused-ring (bicyclic) bond motifs is 1. The van der Waals surface area contributed by atoms with Gasteiger partial charge in [-0.1, -0.05) is 13.0 Å². The van der Waals surface area contributed by atoms with E-state index in [1.807, 2.05) is 6.92 Å². The molecule has 1 aromatic carbocycles. The molecule has 0 bridgehead atoms. The third-order valence-electron chi connectivity index (χ3n) is 4.79. The molecule has 2 nitrogen and oxygen atoms in total. The lowest BCUT2D eigenvalue weighted by atomic mass is 9.89. The fourth-order valence-electron chi connectivity index (χ4n) is 3.79. The van der Waals surface area contributed by atoms with Crippen LogP contribution in [0.25, 0.3) is 0 Å². The van der Waals surface area contributed by atoms with E-state index < -0.39 is 0 Å². The molecule has 0 aliphatic heterocycles. The predicted octanol–water partition coefficient (Wildman–Crippen LogP) is 4.54. The highest BCUT2D eigenvalue weighted by molar-refractivity contribution is 9.10. The highest BCUT2D eigenvalue weighted by Crippen LogP contribution is 2.57. The van der Waals surface area contributed by atoms with Crippen molar-refractivity contribution in [3.8, 4) is 5.75 Å². The number of ether oxygens (including phenoxy) is 1. The summed E-state index contributed by atoms with van der Waals surface area (Å²) in [6.07, 6.45) is 4.31. The van der Waals surface area contributed by atoms with E-state index in [9.17, 15) is 0 Å². The zero-order valence-electron chi connectivity index (χ0n) is 12.4. The van der Waals surface area contributed by atoms with E-state index >= 15 is 0 Å². The summed E-state index contributed by atoms with van der Waals surface area (Å²) in [6, 6.07) is 7.07. The fourth-order valence-corrected chi connectivity index (χ4v) is 4.30. The van der Waals surface area contributed by atoms with E-state index in [1.165, 1.54) is 24.8 Å². The Bertz CT molecular complexity index is 466. The van der Waals surface area contributed by atoms with Gasteiger partial charge in [-0.15, -0.1) is 0 Å². The molecule has 2 saturated carbocycles. The van der Waals surface area contributed by atoms with Crippen molar-refractivity contribution in [2.75, 3.05) is 13.2 Å². The van der Waals surface area contributed by atoms with Gasteiger partial charge in [0.05, 0.1) is 11.1 Å². The standard InChI is InChI=1S/C17H24BrNO/c1-3-19-17(14-8-12-7-13(12)9-14)11-5-6-16(20-4-2)15(18)10-11/h5-6,10,12-14,17,19H,3-4,7-9H2,1-2H3. The van der Waals surface area contributed by atoms with Crippen LogP contribution in [-0.2, 0) is 0 Å². The molecule has 2 aliphatic rings. The van der Waals surface area contributed by atoms with Gasteiger partial charge in [0.2, 0.25) is 0 Å². The van der Waals surface area contributed by atoms with Gasteiger partial charge in [0.25, 0.3) is 0 Å². The van der Waals surface area contributed by atoms with Gasteiger partial charge in [-0.2, -0.15) is 0 Å². The van der Waals surface area contributed by atoms with Crippen LogP contribution in [0.5, 0.6) is 5.75 Å². The second kappa shape index (κ2) is 6.07. The van der Waals surface area contributed by atoms with E-state index in [2.05, 4.69) is 46.4 Å². The van der Waals surface area contributed by atoms with Crippen LogP contribution in [0.3, 0.4) is 0 Å². The molecule has 0 aromatic heterocycles. The molecular formula is C17H24BrNO. The summed E-state index contributed by atoms with van der Waals surface area (Å²) >= 11 is 3.64. The summed E-state index contributed by atoms with van der Waals surface area (Å²) in [5, 5.41) is 3.70. The van der Waals surface area contributed by atoms with E-state index in [0.29, 0.717) is 12.6 Å². The second-order valence-electron chi connectivity index (χ2n) is 6.15. The van der Waals surface area contributed by atoms with Crippen LogP contribution in [-0.4, -0.2) is 13.2 Å². The SMILES string of the molecule is CCNC(c1ccc(OCC)c(Br)c1)C1CC2CC2C1. The average molecular weight is 338 g/mol. The lowest BCUT2D eigenvalue weighted by molar-refractivity contribution is 0.334. The summed E-state index contributed by atoms with van der Waals surface area (Å²) in [4.78, 5) is 0. The van der Waals surface area contributed by atoms with Crippen LogP contribution in [0.1, 0.15) is 44.7 Å². The van der Waals surface area contributed by atoms with Gasteiger partial charge in [-0.05, 0) is 84.1 Å². The number of benzene rings is 1. The first-order valence-corrected chi connectivity index (χ1v) is 8.67. The molecule has 0 amide bonds. The molecule has 2 fully saturated rings. The number of hydrogen-bond acceptors (Lipinski definition) is 2. The van der Waals surface area contributed by atoms with E-state index in [-0.39, 0.29) is 0 Å². The second-order valence-corrected chi connectivity index (χ2v) is 7.00. The molecule has 3 rings (SSSR count). The van der Waals surface area contributed by atoms with Gasteiger partial charge in [-0.3, -0.25) is 0 Å². The minimum absolute atomic E-state index is 0.500. The Morgan fingerprint density at radius 3 is 2.60 bits per heavy atom. The van der Waals surface area contributed by atoms with E-state index in [0.717, 1.165) is 34.5 Å². The Morgan fingerprint density at radius 2 is 2.00 bits per heavy atom. The Balaban J connectivity index is 1.78. The average Bonchev–Trinajstić information content (AvgIpc) is 3.05. The molecule has 20 heavy (non-hydrogen) atoms. The molecule has 0 radical (unpaired) electrons. The topological polar surface area (TPSA) is 21.3 Å². The van der Waals surface area contributed by atoms with Crippen molar-refractivity contribution in [1.82, 2.24) is 5.32 Å². The van der Waals surface area contributed by atoms with Gasteiger partial charge in [-0.25, -0.2) is 0 Å². The first-order valence-electron chi connectivity index (χ1n) is 7.88. The Morgan fingerprint density at radius 1 is 1.25 bits per heavy atom. The van der Waals surface area contributed by atoms with Gasteiger partial charge in [0, 0.05) is 6.04 Å². The van der Waals surface area contributed by atoms with Crippen molar-refractivity contribution in [3.63, 3.8) is 0 Å². The zero-order valence-corrected chi connectivity index (χ0v) is 13.9. The minimum atomic E-state index is 0.500. The summed E-state index contributed by atoms with van der Waals surface area (Å²) in [6.45, 7) is 5.96. The normalized spacial score (nSPS) is 29.1. The smallest absolute Gasteiger partial charge is 0.133 e. The molecule has 3 heteroatoms. The number of hydrogen-bond donors (Lipinski definition) is 1. The number of nitrogens with one attached hydrogen (secondary N) is 1. The van der Waals surface area contributed by atoms with Crippen molar-refractivity contribution in [2.24, 2.45) is 17.8 Å². The first kappa shape index (κ1) is 14.4. The summed E-state index contributed by atoms with van der Waals surface area (Å²) in [5.41, 5.74) is 1.40. The highest BCUT2D eigenvalue weighted by Gasteiger charge is 2.47. The van der Waals surface area contributed by atoms with Crippen LogP contribution in [0.4, 0.5) is 0 Å². The largest absolute Gasteiger partial charge is 0.493 e. The highest BCUT2D eigenvalue weighted by atomic mass is 79.9. The van der Waals surface area contributed by atoms with E-state index in [1.54, 1.807) is 0 Å². The Hall–Kier alpha value is -0.540. The minimum Gasteiger partial charge on any atom is -0.493 e. The fraction of sp³-hybridized carbons (Fsp3) is 0.647. The maximum atomic E-state index is 5.61. The lowest BCUT2D eigenvalue weighted by Crippen LogP contribution is -2.27. The molecule has 1 N–H and O–H groups in total. The van der Waals surface area contributed by atoms with Crippen LogP contribution in [0.2, 0.25) is 0 Å². The molecule has 0 saturated heterocycles. The van der Waals surface area contributed by atoms with Crippen LogP contribution >= 0.6 is 15.9 Å². The summed E-state index contributed by atoms with van der Waals surface area (Å²) < 4.78 is 6.69. The van der Waals surface area contributed by atoms with Gasteiger partial charge in [0.1, 0.15) is 5.75 Å². The van der Waals surface area contributed by atoms with Crippen LogP contribution < -0.4 is 10.1 Å². The Labute approximate surface area is 130 Å². The van der Waals surface area contributed by atoms with Crippen molar-refractivity contribution < 1.29 is 4.74 Å². The molecule has 3 unspecified atom stereocenters. The quantitative estimate of drug-likeness (QED) is 0.822.